The third kappa shape index (κ3) is 2.93. The van der Waals surface area contributed by atoms with E-state index in [1.807, 2.05) is 0 Å². The number of nitrogens with one attached hydrogen (secondary N) is 1. The van der Waals surface area contributed by atoms with Crippen LogP contribution in [-0.2, 0) is 0 Å². The number of likely N-dealkylation sites (N-methyl/N-ethyl adjacent to an activating group) is 1. The van der Waals surface area contributed by atoms with Crippen LogP contribution in [0.2, 0.25) is 0 Å². The summed E-state index contributed by atoms with van der Waals surface area (Å²) in [5.41, 5.74) is 6.01. The monoisotopic (exact) mass is 225 g/mol. The number of amides is 2. The number of urea groups is 1. The lowest BCUT2D eigenvalue weighted by atomic mass is 10.2. The van der Waals surface area contributed by atoms with Crippen molar-refractivity contribution in [3.8, 4) is 0 Å². The molecule has 0 atom stereocenters. The maximum Gasteiger partial charge on any atom is 0.321 e. The lowest BCUT2D eigenvalue weighted by Crippen LogP contribution is -2.35. The molecule has 4 nitrogen and oxygen atoms in total. The van der Waals surface area contributed by atoms with Gasteiger partial charge in [0.05, 0.1) is 5.69 Å². The molecule has 0 spiro atoms. The Morgan fingerprint density at radius 1 is 1.56 bits per heavy atom. The Hall–Kier alpha value is -1.62. The number of carbonyl (C=O) groups is 1. The summed E-state index contributed by atoms with van der Waals surface area (Å²) in [6.07, 6.45) is 0. The smallest absolute Gasteiger partial charge is 0.321 e. The molecule has 0 bridgehead atoms. The second kappa shape index (κ2) is 5.46. The number of hydrogen-bond acceptors (Lipinski definition) is 2. The van der Waals surface area contributed by atoms with Gasteiger partial charge in [-0.15, -0.1) is 0 Å². The summed E-state index contributed by atoms with van der Waals surface area (Å²) in [7, 11) is 1.61. The van der Waals surface area contributed by atoms with Gasteiger partial charge in [0.1, 0.15) is 5.82 Å². The van der Waals surface area contributed by atoms with E-state index in [-0.39, 0.29) is 11.7 Å². The zero-order chi connectivity index (χ0) is 12.1. The topological polar surface area (TPSA) is 58.4 Å². The summed E-state index contributed by atoms with van der Waals surface area (Å²) in [5.74, 6) is -0.406. The predicted octanol–water partition coefficient (Wildman–Crippen LogP) is 1.56. The molecule has 16 heavy (non-hydrogen) atoms. The second-order valence-corrected chi connectivity index (χ2v) is 3.58. The number of hydrogen-bond donors (Lipinski definition) is 2. The van der Waals surface area contributed by atoms with Crippen LogP contribution >= 0.6 is 0 Å². The third-order valence-corrected chi connectivity index (χ3v) is 2.24. The van der Waals surface area contributed by atoms with Crippen LogP contribution in [0.25, 0.3) is 0 Å². The minimum absolute atomic E-state index is 0.189. The van der Waals surface area contributed by atoms with E-state index in [1.54, 1.807) is 26.1 Å². The number of halogens is 1. The van der Waals surface area contributed by atoms with Crippen molar-refractivity contribution in [2.45, 2.75) is 6.92 Å². The van der Waals surface area contributed by atoms with Gasteiger partial charge in [0.15, 0.2) is 0 Å². The summed E-state index contributed by atoms with van der Waals surface area (Å²) < 4.78 is 13.6. The summed E-state index contributed by atoms with van der Waals surface area (Å²) >= 11 is 0. The average Bonchev–Trinajstić information content (AvgIpc) is 2.25. The molecule has 0 heterocycles. The fourth-order valence-corrected chi connectivity index (χ4v) is 1.25. The van der Waals surface area contributed by atoms with Gasteiger partial charge < -0.3 is 16.0 Å². The van der Waals surface area contributed by atoms with E-state index >= 15 is 0 Å². The van der Waals surface area contributed by atoms with Crippen LogP contribution < -0.4 is 11.1 Å². The van der Waals surface area contributed by atoms with Crippen LogP contribution in [0.4, 0.5) is 14.9 Å². The van der Waals surface area contributed by atoms with Crippen molar-refractivity contribution in [1.29, 1.82) is 0 Å². The van der Waals surface area contributed by atoms with Crippen molar-refractivity contribution >= 4 is 11.7 Å². The Labute approximate surface area is 94.2 Å². The van der Waals surface area contributed by atoms with Gasteiger partial charge in [0, 0.05) is 20.1 Å². The summed E-state index contributed by atoms with van der Waals surface area (Å²) in [6, 6.07) is 4.50. The van der Waals surface area contributed by atoms with Gasteiger partial charge in [-0.25, -0.2) is 9.18 Å². The SMILES string of the molecule is Cc1cccc(NC(=O)N(C)CCN)c1F. The Morgan fingerprint density at radius 2 is 2.25 bits per heavy atom. The molecule has 1 aromatic carbocycles. The van der Waals surface area contributed by atoms with Crippen molar-refractivity contribution in [3.05, 3.63) is 29.6 Å². The Balaban J connectivity index is 2.73. The number of benzene rings is 1. The zero-order valence-electron chi connectivity index (χ0n) is 9.46. The minimum Gasteiger partial charge on any atom is -0.329 e. The van der Waals surface area contributed by atoms with E-state index < -0.39 is 5.82 Å². The normalized spacial score (nSPS) is 10.0. The number of aryl methyl sites for hydroxylation is 1. The molecule has 1 rings (SSSR count). The van der Waals surface area contributed by atoms with Crippen molar-refractivity contribution in [2.75, 3.05) is 25.5 Å². The number of rotatable bonds is 3. The fraction of sp³-hybridized carbons (Fsp3) is 0.364. The molecule has 0 aliphatic carbocycles. The van der Waals surface area contributed by atoms with Gasteiger partial charge in [-0.2, -0.15) is 0 Å². The summed E-state index contributed by atoms with van der Waals surface area (Å²) in [4.78, 5) is 13.0. The first-order valence-electron chi connectivity index (χ1n) is 5.03. The highest BCUT2D eigenvalue weighted by Gasteiger charge is 2.11. The maximum absolute atomic E-state index is 13.6. The van der Waals surface area contributed by atoms with Gasteiger partial charge >= 0.3 is 6.03 Å². The lowest BCUT2D eigenvalue weighted by Gasteiger charge is -2.17. The van der Waals surface area contributed by atoms with E-state index in [4.69, 9.17) is 5.73 Å². The third-order valence-electron chi connectivity index (χ3n) is 2.24. The van der Waals surface area contributed by atoms with E-state index in [0.717, 1.165) is 0 Å². The van der Waals surface area contributed by atoms with Crippen molar-refractivity contribution in [1.82, 2.24) is 4.90 Å². The first-order valence-corrected chi connectivity index (χ1v) is 5.03. The molecule has 0 saturated carbocycles. The molecular weight excluding hydrogens is 209 g/mol. The molecule has 0 fully saturated rings. The largest absolute Gasteiger partial charge is 0.329 e. The fourth-order valence-electron chi connectivity index (χ4n) is 1.25. The molecule has 3 N–H and O–H groups in total. The van der Waals surface area contributed by atoms with Crippen molar-refractivity contribution in [3.63, 3.8) is 0 Å². The van der Waals surface area contributed by atoms with E-state index in [2.05, 4.69) is 5.32 Å². The number of carbonyl (C=O) groups excluding carboxylic acids is 1. The summed E-state index contributed by atoms with van der Waals surface area (Å²) in [6.45, 7) is 2.45. The van der Waals surface area contributed by atoms with Crippen molar-refractivity contribution in [2.24, 2.45) is 5.73 Å². The molecular formula is C11H16FN3O. The van der Waals surface area contributed by atoms with E-state index in [1.165, 1.54) is 11.0 Å². The molecule has 0 aliphatic rings. The Morgan fingerprint density at radius 3 is 2.88 bits per heavy atom. The molecule has 0 saturated heterocycles. The highest BCUT2D eigenvalue weighted by atomic mass is 19.1. The molecule has 0 radical (unpaired) electrons. The van der Waals surface area contributed by atoms with Crippen LogP contribution in [0, 0.1) is 12.7 Å². The minimum atomic E-state index is -0.406. The van der Waals surface area contributed by atoms with E-state index in [0.29, 0.717) is 18.7 Å². The van der Waals surface area contributed by atoms with Gasteiger partial charge in [0.2, 0.25) is 0 Å². The van der Waals surface area contributed by atoms with Gasteiger partial charge in [0.25, 0.3) is 0 Å². The number of nitrogens with two attached hydrogens (primary N) is 1. The molecule has 0 aromatic heterocycles. The molecule has 88 valence electrons. The number of nitrogens with zero attached hydrogens (tertiary/aromatic N) is 1. The first-order chi connectivity index (χ1) is 7.56. The quantitative estimate of drug-likeness (QED) is 0.820. The maximum atomic E-state index is 13.6. The molecule has 0 aliphatic heterocycles. The Bertz CT molecular complexity index is 381. The molecule has 0 unspecified atom stereocenters. The van der Waals surface area contributed by atoms with Gasteiger partial charge in [-0.05, 0) is 18.6 Å². The van der Waals surface area contributed by atoms with Crippen LogP contribution in [0.15, 0.2) is 18.2 Å². The second-order valence-electron chi connectivity index (χ2n) is 3.58. The van der Waals surface area contributed by atoms with Crippen LogP contribution in [0.3, 0.4) is 0 Å². The molecule has 5 heteroatoms. The Kier molecular flexibility index (Phi) is 4.25. The van der Waals surface area contributed by atoms with Crippen LogP contribution in [0.5, 0.6) is 0 Å². The summed E-state index contributed by atoms with van der Waals surface area (Å²) in [5, 5.41) is 2.49. The highest BCUT2D eigenvalue weighted by molar-refractivity contribution is 5.89. The molecule has 1 aromatic rings. The highest BCUT2D eigenvalue weighted by Crippen LogP contribution is 2.17. The van der Waals surface area contributed by atoms with Crippen LogP contribution in [0.1, 0.15) is 5.56 Å². The van der Waals surface area contributed by atoms with Gasteiger partial charge in [-0.1, -0.05) is 12.1 Å². The molecule has 2 amide bonds. The average molecular weight is 225 g/mol. The zero-order valence-corrected chi connectivity index (χ0v) is 9.46. The standard InChI is InChI=1S/C11H16FN3O/c1-8-4-3-5-9(10(8)12)14-11(16)15(2)7-6-13/h3-5H,6-7,13H2,1-2H3,(H,14,16). The first kappa shape index (κ1) is 12.4. The lowest BCUT2D eigenvalue weighted by molar-refractivity contribution is 0.223. The van der Waals surface area contributed by atoms with Crippen LogP contribution in [-0.4, -0.2) is 31.1 Å². The predicted molar refractivity (Wildman–Crippen MR) is 61.8 cm³/mol. The number of anilines is 1. The van der Waals surface area contributed by atoms with Gasteiger partial charge in [-0.3, -0.25) is 0 Å². The van der Waals surface area contributed by atoms with E-state index in [9.17, 15) is 9.18 Å². The van der Waals surface area contributed by atoms with Crippen molar-refractivity contribution < 1.29 is 9.18 Å².